The van der Waals surface area contributed by atoms with Crippen molar-refractivity contribution in [3.63, 3.8) is 0 Å². The van der Waals surface area contributed by atoms with Gasteiger partial charge in [-0.25, -0.2) is 0 Å². The van der Waals surface area contributed by atoms with E-state index in [1.54, 1.807) is 12.1 Å². The average Bonchev–Trinajstić information content (AvgIpc) is 1.54. The lowest BCUT2D eigenvalue weighted by Gasteiger charge is -2.26. The van der Waals surface area contributed by atoms with Crippen LogP contribution in [0.1, 0.15) is 49.9 Å². The summed E-state index contributed by atoms with van der Waals surface area (Å²) in [6.45, 7) is 9.28. The molecule has 4 heterocycles. The molecule has 0 aliphatic heterocycles. The molecule has 22 aromatic rings. The number of furan rings is 4. The molecule has 2 N–H and O–H groups in total. The Morgan fingerprint density at radius 2 is 0.565 bits per heavy atom. The molecule has 2 aliphatic rings. The Morgan fingerprint density at radius 3 is 1.03 bits per heavy atom. The van der Waals surface area contributed by atoms with Crippen LogP contribution in [0.25, 0.3) is 166 Å². The van der Waals surface area contributed by atoms with E-state index in [4.69, 9.17) is 17.7 Å². The highest BCUT2D eigenvalue weighted by Gasteiger charge is 2.41. The molecule has 8 nitrogen and oxygen atoms in total. The molecule has 0 radical (unpaired) electrons. The number of benzene rings is 18. The van der Waals surface area contributed by atoms with E-state index < -0.39 is 7.12 Å². The quantitative estimate of drug-likeness (QED) is 0.117. The lowest BCUT2D eigenvalue weighted by Crippen LogP contribution is -2.29. The molecular weight excluding hydrogens is 1580 g/mol. The summed E-state index contributed by atoms with van der Waals surface area (Å²) in [5, 5.41) is 27.1. The summed E-state index contributed by atoms with van der Waals surface area (Å²) < 4.78 is 27.6. The smallest absolute Gasteiger partial charge is 0.456 e. The van der Waals surface area contributed by atoms with Gasteiger partial charge in [-0.2, -0.15) is 0 Å². The molecule has 24 rings (SSSR count). The number of hydrogen-bond acceptors (Lipinski definition) is 8. The van der Waals surface area contributed by atoms with Crippen molar-refractivity contribution < 1.29 is 27.7 Å². The zero-order valence-corrected chi connectivity index (χ0v) is 70.1. The second-order valence-electron chi connectivity index (χ2n) is 33.2. The van der Waals surface area contributed by atoms with Gasteiger partial charge in [0.2, 0.25) is 0 Å². The van der Waals surface area contributed by atoms with Crippen LogP contribution in [-0.2, 0) is 10.8 Å². The fourth-order valence-corrected chi connectivity index (χ4v) is 19.9. The first-order valence-electron chi connectivity index (χ1n) is 42.1. The summed E-state index contributed by atoms with van der Waals surface area (Å²) in [5.74, 6) is 0. The monoisotopic (exact) mass is 1660 g/mol. The van der Waals surface area contributed by atoms with Gasteiger partial charge in [-0.15, -0.1) is 0 Å². The van der Waals surface area contributed by atoms with E-state index in [1.165, 1.54) is 66.8 Å². The van der Waals surface area contributed by atoms with Crippen molar-refractivity contribution in [3.8, 4) is 77.9 Å². The molecule has 0 saturated heterocycles. The first-order chi connectivity index (χ1) is 60.8. The fraction of sp³-hybridized carbons (Fsp3) is 0.0526. The van der Waals surface area contributed by atoms with Crippen molar-refractivity contribution in [1.82, 2.24) is 0 Å². The number of halogens is 1. The van der Waals surface area contributed by atoms with Crippen LogP contribution in [0.3, 0.4) is 0 Å². The van der Waals surface area contributed by atoms with E-state index in [2.05, 4.69) is 405 Å². The van der Waals surface area contributed by atoms with E-state index in [1.807, 2.05) is 36.4 Å². The third-order valence-corrected chi connectivity index (χ3v) is 26.0. The summed E-state index contributed by atoms with van der Waals surface area (Å²) in [7, 11) is -1.51. The van der Waals surface area contributed by atoms with E-state index in [0.29, 0.717) is 11.0 Å². The van der Waals surface area contributed by atoms with Crippen molar-refractivity contribution in [2.75, 3.05) is 9.80 Å². The first-order valence-corrected chi connectivity index (χ1v) is 42.9. The molecular formula is C114H80BBrN2O6. The van der Waals surface area contributed by atoms with Crippen molar-refractivity contribution in [1.29, 1.82) is 0 Å². The number of nitrogens with zero attached hydrogens (tertiary/aromatic N) is 2. The molecule has 0 amide bonds. The second kappa shape index (κ2) is 30.4. The molecule has 4 aromatic heterocycles. The summed E-state index contributed by atoms with van der Waals surface area (Å²) in [4.78, 5) is 4.62. The van der Waals surface area contributed by atoms with Crippen LogP contribution in [0, 0.1) is 0 Å². The van der Waals surface area contributed by atoms with Gasteiger partial charge in [-0.05, 0) is 169 Å². The van der Waals surface area contributed by atoms with Gasteiger partial charge in [-0.3, -0.25) is 0 Å². The minimum absolute atomic E-state index is 0.104. The molecule has 124 heavy (non-hydrogen) atoms. The Bertz CT molecular complexity index is 7870. The molecule has 0 saturated carbocycles. The third kappa shape index (κ3) is 12.7. The van der Waals surface area contributed by atoms with E-state index in [-0.39, 0.29) is 10.8 Å². The highest BCUT2D eigenvalue weighted by atomic mass is 79.9. The summed E-state index contributed by atoms with van der Waals surface area (Å²) in [6.07, 6.45) is 0. The minimum atomic E-state index is -1.51. The third-order valence-electron chi connectivity index (χ3n) is 25.4. The molecule has 0 spiro atoms. The topological polar surface area (TPSA) is 99.5 Å². The van der Waals surface area contributed by atoms with Crippen LogP contribution in [0.15, 0.2) is 423 Å². The summed E-state index contributed by atoms with van der Waals surface area (Å²) in [5.41, 5.74) is 34.8. The number of para-hydroxylation sites is 8. The van der Waals surface area contributed by atoms with Crippen LogP contribution in [0.5, 0.6) is 0 Å². The molecule has 2 aliphatic carbocycles. The first kappa shape index (κ1) is 75.4. The normalized spacial score (nSPS) is 12.8. The molecule has 10 heteroatoms. The molecule has 0 unspecified atom stereocenters. The van der Waals surface area contributed by atoms with Crippen LogP contribution in [0.4, 0.5) is 34.1 Å². The standard InChI is InChI=1S/C57H39NO2.C45H32BrNO.C12H9BO3/c1-57(2)49-25-11-9-20-46(49)53-50(57)35-48(45-23-14-22-44-43-19-10-12-26-51(43)59-55(44)45)52-47-24-13-21-42(54(47)60-56(52)53)38-29-33-41(34-30-38)58(39-17-7-4-8-18-39)40-31-27-37(28-32-40)36-15-5-3-6-16-36;1-45(2)38-19-10-9-16-36(38)41-39(45)28-40(46)42-37-18-11-17-35(43(37)48-44(41)42)31-22-26-34(27-23-31)47(32-14-7-4-8-15-32)33-24-20-30(21-25-33)29-12-5-3-6-13-29;14-13(15)10-6-3-5-9-8-4-1-2-7-11(8)16-12(9)10/h3-35H,1-2H3;3-28H,1-2H3;1-7,14-15H. The molecule has 0 bridgehead atoms. The predicted molar refractivity (Wildman–Crippen MR) is 518 cm³/mol. The average molecular weight is 1660 g/mol. The maximum Gasteiger partial charge on any atom is 0.492 e. The van der Waals surface area contributed by atoms with Gasteiger partial charge < -0.3 is 37.5 Å². The van der Waals surface area contributed by atoms with Gasteiger partial charge in [-0.1, -0.05) is 347 Å². The van der Waals surface area contributed by atoms with E-state index in [0.717, 1.165) is 154 Å². The number of fused-ring (bicyclic) bond motifs is 20. The van der Waals surface area contributed by atoms with E-state index >= 15 is 0 Å². The van der Waals surface area contributed by atoms with Crippen molar-refractivity contribution in [2.45, 2.75) is 38.5 Å². The molecule has 18 aromatic carbocycles. The van der Waals surface area contributed by atoms with Crippen molar-refractivity contribution in [3.05, 3.63) is 427 Å². The SMILES string of the molecule is CC1(C)c2ccccc2-c2c1cc(-c1cccc3c1oc1ccccc13)c1c2oc2c(-c3ccc(N(c4ccccc4)c4ccc(-c5ccccc5)cc4)cc3)cccc21.CC1(C)c2ccccc2-c2c1cc(Br)c1c2oc2c(-c3ccc(N(c4ccccc4)c4ccc(-c5ccccc5)cc4)cc3)cccc21.OB(O)c1cccc2c1oc1ccccc12. The van der Waals surface area contributed by atoms with E-state index in [9.17, 15) is 10.0 Å². The van der Waals surface area contributed by atoms with Crippen molar-refractivity contribution >= 4 is 150 Å². The lowest BCUT2D eigenvalue weighted by atomic mass is 9.79. The van der Waals surface area contributed by atoms with Gasteiger partial charge in [0.15, 0.2) is 0 Å². The Hall–Kier alpha value is -14.8. The minimum Gasteiger partial charge on any atom is -0.456 e. The fourth-order valence-electron chi connectivity index (χ4n) is 19.3. The van der Waals surface area contributed by atoms with Gasteiger partial charge >= 0.3 is 7.12 Å². The van der Waals surface area contributed by atoms with Gasteiger partial charge in [0.25, 0.3) is 0 Å². The lowest BCUT2D eigenvalue weighted by molar-refractivity contribution is 0.425. The van der Waals surface area contributed by atoms with Gasteiger partial charge in [0.05, 0.1) is 0 Å². The Kier molecular flexibility index (Phi) is 18.5. The largest absolute Gasteiger partial charge is 0.492 e. The zero-order chi connectivity index (χ0) is 83.5. The van der Waals surface area contributed by atoms with Crippen LogP contribution < -0.4 is 15.3 Å². The molecule has 0 atom stereocenters. The Morgan fingerprint density at radius 1 is 0.242 bits per heavy atom. The van der Waals surface area contributed by atoms with Crippen LogP contribution in [0.2, 0.25) is 0 Å². The summed E-state index contributed by atoms with van der Waals surface area (Å²) >= 11 is 3.95. The highest BCUT2D eigenvalue weighted by molar-refractivity contribution is 9.10. The number of hydrogen-bond donors (Lipinski definition) is 2. The highest BCUT2D eigenvalue weighted by Crippen LogP contribution is 2.58. The maximum absolute atomic E-state index is 9.24. The molecule has 0 fully saturated rings. The maximum atomic E-state index is 9.24. The summed E-state index contributed by atoms with van der Waals surface area (Å²) in [6, 6.07) is 141. The second-order valence-corrected chi connectivity index (χ2v) is 34.0. The molecule has 592 valence electrons. The van der Waals surface area contributed by atoms with Crippen LogP contribution >= 0.6 is 15.9 Å². The Labute approximate surface area is 726 Å². The Balaban J connectivity index is 0.000000127. The van der Waals surface area contributed by atoms with Crippen LogP contribution in [-0.4, -0.2) is 17.2 Å². The van der Waals surface area contributed by atoms with Crippen molar-refractivity contribution in [2.24, 2.45) is 0 Å². The van der Waals surface area contributed by atoms with Gasteiger partial charge in [0.1, 0.15) is 44.7 Å². The number of anilines is 6. The number of rotatable bonds is 12. The predicted octanol–water partition coefficient (Wildman–Crippen LogP) is 31.0. The van der Waals surface area contributed by atoms with Gasteiger partial charge in [0, 0.05) is 126 Å². The zero-order valence-electron chi connectivity index (χ0n) is 68.5.